The highest BCUT2D eigenvalue weighted by molar-refractivity contribution is 6.36. The van der Waals surface area contributed by atoms with Crippen LogP contribution in [0.3, 0.4) is 0 Å². The van der Waals surface area contributed by atoms with Crippen molar-refractivity contribution in [1.29, 1.82) is 0 Å². The Morgan fingerprint density at radius 1 is 1.17 bits per heavy atom. The van der Waals surface area contributed by atoms with Gasteiger partial charge in [0, 0.05) is 11.1 Å². The molecule has 0 fully saturated rings. The first-order valence-corrected chi connectivity index (χ1v) is 9.52. The lowest BCUT2D eigenvalue weighted by molar-refractivity contribution is -0.148. The van der Waals surface area contributed by atoms with Crippen LogP contribution in [0.5, 0.6) is 0 Å². The van der Waals surface area contributed by atoms with Gasteiger partial charge in [0.2, 0.25) is 5.76 Å². The topological polar surface area (TPSA) is 94.6 Å². The molecule has 0 bridgehead atoms. The summed E-state index contributed by atoms with van der Waals surface area (Å²) in [5.74, 6) is -0.368. The first-order chi connectivity index (χ1) is 13.8. The van der Waals surface area contributed by atoms with E-state index in [2.05, 4.69) is 10.5 Å². The van der Waals surface area contributed by atoms with Crippen molar-refractivity contribution < 1.29 is 23.3 Å². The molecular formula is C20H18Cl2N2O5. The molecule has 3 aromatic rings. The maximum atomic E-state index is 12.5. The second-order valence-electron chi connectivity index (χ2n) is 6.59. The average molecular weight is 437 g/mol. The van der Waals surface area contributed by atoms with Gasteiger partial charge in [0.1, 0.15) is 18.3 Å². The summed E-state index contributed by atoms with van der Waals surface area (Å²) < 4.78 is 15.7. The smallest absolute Gasteiger partial charge is 0.329 e. The number of hydrogen-bond acceptors (Lipinski definition) is 6. The van der Waals surface area contributed by atoms with Crippen molar-refractivity contribution in [1.82, 2.24) is 10.5 Å². The number of nitrogens with zero attached hydrogens (tertiary/aromatic N) is 1. The van der Waals surface area contributed by atoms with E-state index in [4.69, 9.17) is 36.9 Å². The van der Waals surface area contributed by atoms with Crippen LogP contribution in [0.15, 0.2) is 51.6 Å². The molecule has 7 nitrogen and oxygen atoms in total. The second-order valence-corrected chi connectivity index (χ2v) is 7.43. The molecular weight excluding hydrogens is 419 g/mol. The third kappa shape index (κ3) is 5.19. The summed E-state index contributed by atoms with van der Waals surface area (Å²) in [6, 6.07) is 8.69. The molecule has 1 amide bonds. The molecule has 152 valence electrons. The Kier molecular flexibility index (Phi) is 6.61. The van der Waals surface area contributed by atoms with Crippen LogP contribution < -0.4 is 5.32 Å². The van der Waals surface area contributed by atoms with Gasteiger partial charge in [-0.05, 0) is 36.2 Å². The number of aromatic nitrogens is 1. The Bertz CT molecular complexity index is 998. The van der Waals surface area contributed by atoms with E-state index < -0.39 is 17.9 Å². The predicted molar refractivity (Wildman–Crippen MR) is 107 cm³/mol. The van der Waals surface area contributed by atoms with Crippen molar-refractivity contribution >= 4 is 35.1 Å². The minimum absolute atomic E-state index is 0.107. The van der Waals surface area contributed by atoms with Gasteiger partial charge in [0.05, 0.1) is 16.8 Å². The molecule has 2 heterocycles. The van der Waals surface area contributed by atoms with Crippen LogP contribution in [-0.4, -0.2) is 23.1 Å². The normalized spacial score (nSPS) is 12.0. The molecule has 1 atom stereocenters. The molecule has 1 N–H and O–H groups in total. The van der Waals surface area contributed by atoms with Crippen LogP contribution in [0.2, 0.25) is 10.0 Å². The molecule has 0 aliphatic heterocycles. The second kappa shape index (κ2) is 9.15. The van der Waals surface area contributed by atoms with E-state index in [-0.39, 0.29) is 23.1 Å². The van der Waals surface area contributed by atoms with Crippen LogP contribution in [0, 0.1) is 5.92 Å². The van der Waals surface area contributed by atoms with Crippen molar-refractivity contribution in [2.75, 3.05) is 0 Å². The van der Waals surface area contributed by atoms with Gasteiger partial charge in [-0.2, -0.15) is 0 Å². The Hall–Kier alpha value is -2.77. The Balaban J connectivity index is 1.63. The zero-order valence-corrected chi connectivity index (χ0v) is 17.2. The summed E-state index contributed by atoms with van der Waals surface area (Å²) in [5.41, 5.74) is 0.633. The van der Waals surface area contributed by atoms with E-state index in [1.807, 2.05) is 0 Å². The average Bonchev–Trinajstić information content (AvgIpc) is 3.35. The first-order valence-electron chi connectivity index (χ1n) is 8.77. The number of ether oxygens (including phenoxy) is 1. The maximum absolute atomic E-state index is 12.5. The number of hydrogen-bond donors (Lipinski definition) is 1. The van der Waals surface area contributed by atoms with Gasteiger partial charge < -0.3 is 19.0 Å². The van der Waals surface area contributed by atoms with Crippen molar-refractivity contribution in [3.63, 3.8) is 0 Å². The van der Waals surface area contributed by atoms with E-state index in [0.717, 1.165) is 0 Å². The molecule has 2 aromatic heterocycles. The molecule has 0 radical (unpaired) electrons. The minimum Gasteiger partial charge on any atom is -0.461 e. The van der Waals surface area contributed by atoms with Gasteiger partial charge in [-0.3, -0.25) is 4.79 Å². The van der Waals surface area contributed by atoms with E-state index in [1.54, 1.807) is 38.1 Å². The van der Waals surface area contributed by atoms with Crippen molar-refractivity contribution in [3.8, 4) is 11.5 Å². The zero-order valence-electron chi connectivity index (χ0n) is 15.6. The summed E-state index contributed by atoms with van der Waals surface area (Å²) in [5, 5.41) is 7.11. The summed E-state index contributed by atoms with van der Waals surface area (Å²) in [6.45, 7) is 3.48. The molecule has 0 saturated carbocycles. The number of esters is 1. The first kappa shape index (κ1) is 21.0. The molecule has 0 aliphatic rings. The number of rotatable bonds is 7. The summed E-state index contributed by atoms with van der Waals surface area (Å²) in [6.07, 6.45) is 1.51. The molecule has 0 saturated heterocycles. The molecule has 0 spiro atoms. The van der Waals surface area contributed by atoms with Crippen molar-refractivity contribution in [2.24, 2.45) is 5.92 Å². The van der Waals surface area contributed by atoms with Gasteiger partial charge in [-0.1, -0.05) is 42.2 Å². The van der Waals surface area contributed by atoms with Crippen LogP contribution >= 0.6 is 23.2 Å². The van der Waals surface area contributed by atoms with E-state index >= 15 is 0 Å². The number of carbonyl (C=O) groups is 2. The van der Waals surface area contributed by atoms with Gasteiger partial charge in [-0.25, -0.2) is 4.79 Å². The fourth-order valence-electron chi connectivity index (χ4n) is 2.54. The predicted octanol–water partition coefficient (Wildman–Crippen LogP) is 4.74. The number of benzene rings is 1. The van der Waals surface area contributed by atoms with Gasteiger partial charge >= 0.3 is 5.97 Å². The molecule has 0 unspecified atom stereocenters. The third-order valence-electron chi connectivity index (χ3n) is 4.07. The maximum Gasteiger partial charge on any atom is 0.329 e. The summed E-state index contributed by atoms with van der Waals surface area (Å²) >= 11 is 11.9. The molecule has 29 heavy (non-hydrogen) atoms. The monoisotopic (exact) mass is 436 g/mol. The highest BCUT2D eigenvalue weighted by Crippen LogP contribution is 2.22. The van der Waals surface area contributed by atoms with Gasteiger partial charge in [0.25, 0.3) is 5.91 Å². The number of amides is 1. The highest BCUT2D eigenvalue weighted by atomic mass is 35.5. The Morgan fingerprint density at radius 3 is 2.62 bits per heavy atom. The Labute approximate surface area is 176 Å². The van der Waals surface area contributed by atoms with Crippen molar-refractivity contribution in [3.05, 3.63) is 64.0 Å². The fourth-order valence-corrected chi connectivity index (χ4v) is 3.03. The largest absolute Gasteiger partial charge is 0.461 e. The van der Waals surface area contributed by atoms with E-state index in [1.165, 1.54) is 18.4 Å². The highest BCUT2D eigenvalue weighted by Gasteiger charge is 2.27. The summed E-state index contributed by atoms with van der Waals surface area (Å²) in [7, 11) is 0. The third-order valence-corrected chi connectivity index (χ3v) is 4.62. The lowest BCUT2D eigenvalue weighted by Crippen LogP contribution is -2.45. The summed E-state index contributed by atoms with van der Waals surface area (Å²) in [4.78, 5) is 25.1. The van der Waals surface area contributed by atoms with Crippen LogP contribution in [0.4, 0.5) is 0 Å². The van der Waals surface area contributed by atoms with Crippen molar-refractivity contribution in [2.45, 2.75) is 26.5 Å². The fraction of sp³-hybridized carbons (Fsp3) is 0.250. The molecule has 0 aliphatic carbocycles. The number of nitrogens with one attached hydrogen (secondary N) is 1. The minimum atomic E-state index is -0.870. The molecule has 9 heteroatoms. The Morgan fingerprint density at radius 2 is 1.97 bits per heavy atom. The SMILES string of the molecule is CC(C)[C@H](NC(=O)c1ccc(Cl)cc1Cl)C(=O)OCc1cc(-c2ccco2)on1. The van der Waals surface area contributed by atoms with Crippen LogP contribution in [0.25, 0.3) is 11.5 Å². The van der Waals surface area contributed by atoms with Crippen LogP contribution in [0.1, 0.15) is 29.9 Å². The zero-order chi connectivity index (χ0) is 21.0. The number of furan rings is 1. The quantitative estimate of drug-likeness (QED) is 0.537. The van der Waals surface area contributed by atoms with Gasteiger partial charge in [0.15, 0.2) is 5.76 Å². The van der Waals surface area contributed by atoms with Gasteiger partial charge in [-0.15, -0.1) is 0 Å². The standard InChI is InChI=1S/C20H18Cl2N2O5/c1-11(2)18(23-19(25)14-6-5-12(21)8-15(14)22)20(26)28-10-13-9-17(29-24-13)16-4-3-7-27-16/h3-9,11,18H,10H2,1-2H3,(H,23,25)/t18-/m0/s1. The lowest BCUT2D eigenvalue weighted by atomic mass is 10.0. The molecule has 1 aromatic carbocycles. The lowest BCUT2D eigenvalue weighted by Gasteiger charge is -2.21. The van der Waals surface area contributed by atoms with Crippen LogP contribution in [-0.2, 0) is 16.1 Å². The van der Waals surface area contributed by atoms with E-state index in [9.17, 15) is 9.59 Å². The molecule has 3 rings (SSSR count). The van der Waals surface area contributed by atoms with E-state index in [0.29, 0.717) is 22.2 Å². The number of halogens is 2. The number of carbonyl (C=O) groups excluding carboxylic acids is 2.